The predicted molar refractivity (Wildman–Crippen MR) is 44.5 cm³/mol. The molecule has 4 heteroatoms. The minimum absolute atomic E-state index is 0.180. The molecule has 0 saturated carbocycles. The van der Waals surface area contributed by atoms with Gasteiger partial charge >= 0.3 is 5.97 Å². The molecule has 0 amide bonds. The van der Waals surface area contributed by atoms with Gasteiger partial charge in [0.1, 0.15) is 0 Å². The minimum atomic E-state index is -0.522. The molecule has 0 N–H and O–H groups in total. The standard InChI is InChI=1S/C9H10FNO2/c1-13-8(12)5-4-7-3-2-6-11-9(7)10/h2-3,6H,4-5H2,1H3. The minimum Gasteiger partial charge on any atom is -0.469 e. The third-order valence-electron chi connectivity index (χ3n) is 1.66. The molecule has 0 aromatic carbocycles. The van der Waals surface area contributed by atoms with Crippen LogP contribution in [-0.4, -0.2) is 18.1 Å². The third kappa shape index (κ3) is 2.82. The summed E-state index contributed by atoms with van der Waals surface area (Å²) in [6, 6.07) is 3.24. The molecule has 1 aromatic heterocycles. The van der Waals surface area contributed by atoms with Gasteiger partial charge in [-0.15, -0.1) is 0 Å². The van der Waals surface area contributed by atoms with Crippen LogP contribution in [0.5, 0.6) is 0 Å². The zero-order chi connectivity index (χ0) is 9.68. The molecule has 0 spiro atoms. The highest BCUT2D eigenvalue weighted by atomic mass is 19.1. The number of pyridine rings is 1. The summed E-state index contributed by atoms with van der Waals surface area (Å²) in [4.78, 5) is 14.2. The normalized spacial score (nSPS) is 9.69. The maximum absolute atomic E-state index is 12.9. The number of aromatic nitrogens is 1. The van der Waals surface area contributed by atoms with Gasteiger partial charge in [0.25, 0.3) is 0 Å². The third-order valence-corrected chi connectivity index (χ3v) is 1.66. The molecule has 0 fully saturated rings. The van der Waals surface area contributed by atoms with Gasteiger partial charge in [0, 0.05) is 18.2 Å². The first-order chi connectivity index (χ1) is 6.24. The summed E-state index contributed by atoms with van der Waals surface area (Å²) in [5.41, 5.74) is 0.438. The lowest BCUT2D eigenvalue weighted by atomic mass is 10.1. The summed E-state index contributed by atoms with van der Waals surface area (Å²) < 4.78 is 17.3. The number of methoxy groups -OCH3 is 1. The summed E-state index contributed by atoms with van der Waals surface area (Å²) in [6.45, 7) is 0. The number of esters is 1. The van der Waals surface area contributed by atoms with Crippen LogP contribution in [0.25, 0.3) is 0 Å². The van der Waals surface area contributed by atoms with Crippen LogP contribution in [0.4, 0.5) is 4.39 Å². The van der Waals surface area contributed by atoms with Crippen molar-refractivity contribution in [3.63, 3.8) is 0 Å². The fraction of sp³-hybridized carbons (Fsp3) is 0.333. The van der Waals surface area contributed by atoms with Gasteiger partial charge in [0.05, 0.1) is 7.11 Å². The van der Waals surface area contributed by atoms with Crippen molar-refractivity contribution >= 4 is 5.97 Å². The predicted octanol–water partition coefficient (Wildman–Crippen LogP) is 1.33. The molecule has 70 valence electrons. The van der Waals surface area contributed by atoms with E-state index in [9.17, 15) is 9.18 Å². The van der Waals surface area contributed by atoms with Crippen molar-refractivity contribution in [3.8, 4) is 0 Å². The Morgan fingerprint density at radius 1 is 1.69 bits per heavy atom. The van der Waals surface area contributed by atoms with Crippen LogP contribution in [-0.2, 0) is 16.0 Å². The molecule has 0 saturated heterocycles. The highest BCUT2D eigenvalue weighted by Crippen LogP contribution is 2.06. The van der Waals surface area contributed by atoms with Crippen LogP contribution < -0.4 is 0 Å². The van der Waals surface area contributed by atoms with E-state index in [4.69, 9.17) is 0 Å². The molecule has 3 nitrogen and oxygen atoms in total. The number of hydrogen-bond acceptors (Lipinski definition) is 3. The van der Waals surface area contributed by atoms with Gasteiger partial charge in [-0.25, -0.2) is 4.98 Å². The lowest BCUT2D eigenvalue weighted by molar-refractivity contribution is -0.140. The molecule has 0 aliphatic heterocycles. The Balaban J connectivity index is 2.54. The molecule has 0 radical (unpaired) electrons. The van der Waals surface area contributed by atoms with Crippen molar-refractivity contribution in [3.05, 3.63) is 29.8 Å². The quantitative estimate of drug-likeness (QED) is 0.524. The highest BCUT2D eigenvalue weighted by Gasteiger charge is 2.05. The average Bonchev–Trinajstić information content (AvgIpc) is 2.16. The first-order valence-electron chi connectivity index (χ1n) is 3.90. The molecule has 0 unspecified atom stereocenters. The molecule has 1 rings (SSSR count). The Labute approximate surface area is 75.6 Å². The number of carbonyl (C=O) groups is 1. The van der Waals surface area contributed by atoms with Gasteiger partial charge in [0.2, 0.25) is 5.95 Å². The number of rotatable bonds is 3. The van der Waals surface area contributed by atoms with Gasteiger partial charge in [0.15, 0.2) is 0 Å². The Morgan fingerprint density at radius 2 is 2.46 bits per heavy atom. The van der Waals surface area contributed by atoms with E-state index in [0.717, 1.165) is 0 Å². The Bertz CT molecular complexity index is 301. The zero-order valence-corrected chi connectivity index (χ0v) is 7.29. The number of ether oxygens (including phenoxy) is 1. The van der Waals surface area contributed by atoms with Crippen LogP contribution in [0.15, 0.2) is 18.3 Å². The lowest BCUT2D eigenvalue weighted by Crippen LogP contribution is -2.03. The number of nitrogens with zero attached hydrogens (tertiary/aromatic N) is 1. The first-order valence-corrected chi connectivity index (χ1v) is 3.90. The van der Waals surface area contributed by atoms with Crippen LogP contribution in [0.3, 0.4) is 0 Å². The Morgan fingerprint density at radius 3 is 3.08 bits per heavy atom. The van der Waals surface area contributed by atoms with E-state index in [0.29, 0.717) is 12.0 Å². The summed E-state index contributed by atoms with van der Waals surface area (Å²) in [5.74, 6) is -0.866. The van der Waals surface area contributed by atoms with Crippen molar-refractivity contribution in [2.75, 3.05) is 7.11 Å². The largest absolute Gasteiger partial charge is 0.469 e. The van der Waals surface area contributed by atoms with Crippen LogP contribution in [0.2, 0.25) is 0 Å². The molecule has 0 atom stereocenters. The van der Waals surface area contributed by atoms with E-state index in [1.54, 1.807) is 12.1 Å². The SMILES string of the molecule is COC(=O)CCc1cccnc1F. The number of aryl methyl sites for hydroxylation is 1. The molecular weight excluding hydrogens is 173 g/mol. The molecule has 1 aromatic rings. The van der Waals surface area contributed by atoms with E-state index >= 15 is 0 Å². The lowest BCUT2D eigenvalue weighted by Gasteiger charge is -2.00. The van der Waals surface area contributed by atoms with Gasteiger partial charge in [-0.2, -0.15) is 4.39 Å². The fourth-order valence-corrected chi connectivity index (χ4v) is 0.945. The number of halogens is 1. The second-order valence-corrected chi connectivity index (χ2v) is 2.53. The number of carbonyl (C=O) groups excluding carboxylic acids is 1. The Kier molecular flexibility index (Phi) is 3.37. The summed E-state index contributed by atoms with van der Waals surface area (Å²) in [6.07, 6.45) is 1.88. The summed E-state index contributed by atoms with van der Waals surface area (Å²) >= 11 is 0. The fourth-order valence-electron chi connectivity index (χ4n) is 0.945. The summed E-state index contributed by atoms with van der Waals surface area (Å²) in [7, 11) is 1.31. The summed E-state index contributed by atoms with van der Waals surface area (Å²) in [5, 5.41) is 0. The zero-order valence-electron chi connectivity index (χ0n) is 7.29. The Hall–Kier alpha value is -1.45. The van der Waals surface area contributed by atoms with Crippen molar-refractivity contribution in [1.82, 2.24) is 4.98 Å². The highest BCUT2D eigenvalue weighted by molar-refractivity contribution is 5.69. The van der Waals surface area contributed by atoms with Crippen LogP contribution >= 0.6 is 0 Å². The first kappa shape index (κ1) is 9.64. The van der Waals surface area contributed by atoms with Crippen molar-refractivity contribution < 1.29 is 13.9 Å². The molecular formula is C9H10FNO2. The smallest absolute Gasteiger partial charge is 0.305 e. The molecule has 0 aliphatic rings. The van der Waals surface area contributed by atoms with Gasteiger partial charge in [-0.1, -0.05) is 6.07 Å². The maximum Gasteiger partial charge on any atom is 0.305 e. The van der Waals surface area contributed by atoms with E-state index < -0.39 is 5.95 Å². The molecule has 13 heavy (non-hydrogen) atoms. The van der Waals surface area contributed by atoms with Crippen LogP contribution in [0, 0.1) is 5.95 Å². The van der Waals surface area contributed by atoms with Crippen molar-refractivity contribution in [2.24, 2.45) is 0 Å². The van der Waals surface area contributed by atoms with E-state index in [2.05, 4.69) is 9.72 Å². The van der Waals surface area contributed by atoms with Gasteiger partial charge < -0.3 is 4.74 Å². The second kappa shape index (κ2) is 4.54. The second-order valence-electron chi connectivity index (χ2n) is 2.53. The monoisotopic (exact) mass is 183 g/mol. The van der Waals surface area contributed by atoms with Crippen LogP contribution in [0.1, 0.15) is 12.0 Å². The molecule has 0 bridgehead atoms. The van der Waals surface area contributed by atoms with Crippen molar-refractivity contribution in [2.45, 2.75) is 12.8 Å². The topological polar surface area (TPSA) is 39.2 Å². The van der Waals surface area contributed by atoms with E-state index in [1.807, 2.05) is 0 Å². The molecule has 1 heterocycles. The maximum atomic E-state index is 12.9. The average molecular weight is 183 g/mol. The van der Waals surface area contributed by atoms with Gasteiger partial charge in [-0.3, -0.25) is 4.79 Å². The van der Waals surface area contributed by atoms with E-state index in [1.165, 1.54) is 13.3 Å². The number of hydrogen-bond donors (Lipinski definition) is 0. The molecule has 0 aliphatic carbocycles. The van der Waals surface area contributed by atoms with Crippen molar-refractivity contribution in [1.29, 1.82) is 0 Å². The van der Waals surface area contributed by atoms with E-state index in [-0.39, 0.29) is 12.4 Å². The van der Waals surface area contributed by atoms with Gasteiger partial charge in [-0.05, 0) is 12.5 Å².